The molecule has 0 saturated heterocycles. The van der Waals surface area contributed by atoms with Crippen LogP contribution in [0.4, 0.5) is 0 Å². The van der Waals surface area contributed by atoms with Gasteiger partial charge in [0.15, 0.2) is 11.6 Å². The van der Waals surface area contributed by atoms with E-state index in [9.17, 15) is 9.59 Å². The summed E-state index contributed by atoms with van der Waals surface area (Å²) in [5.41, 5.74) is 1.70. The zero-order valence-electron chi connectivity index (χ0n) is 10.9. The summed E-state index contributed by atoms with van der Waals surface area (Å²) < 4.78 is 0. The molecule has 0 radical (unpaired) electrons. The van der Waals surface area contributed by atoms with Crippen molar-refractivity contribution in [1.82, 2.24) is 4.90 Å². The highest BCUT2D eigenvalue weighted by Crippen LogP contribution is 2.31. The first-order valence-electron chi connectivity index (χ1n) is 6.37. The molecule has 0 amide bonds. The van der Waals surface area contributed by atoms with Crippen molar-refractivity contribution in [2.24, 2.45) is 0 Å². The van der Waals surface area contributed by atoms with Crippen molar-refractivity contribution in [3.8, 4) is 0 Å². The molecule has 0 bridgehead atoms. The number of halogens is 1. The smallest absolute Gasteiger partial charge is 0.198 e. The number of fused-ring (bicyclic) bond motifs is 1. The van der Waals surface area contributed by atoms with Gasteiger partial charge >= 0.3 is 0 Å². The monoisotopic (exact) mass is 285 g/mol. The molecule has 0 saturated carbocycles. The van der Waals surface area contributed by atoms with E-state index in [1.165, 1.54) is 0 Å². The number of nitrogens with zero attached hydrogens (tertiary/aromatic N) is 1. The second-order valence-corrected chi connectivity index (χ2v) is 5.08. The molecule has 1 aliphatic heterocycles. The summed E-state index contributed by atoms with van der Waals surface area (Å²) in [7, 11) is 0. The van der Waals surface area contributed by atoms with Crippen LogP contribution in [0, 0.1) is 0 Å². The predicted molar refractivity (Wildman–Crippen MR) is 77.8 cm³/mol. The molecule has 3 nitrogen and oxygen atoms in total. The second kappa shape index (κ2) is 4.76. The molecule has 1 aliphatic carbocycles. The fraction of sp³-hybridized carbons (Fsp3) is 0.125. The molecule has 100 valence electrons. The third-order valence-electron chi connectivity index (χ3n) is 3.47. The van der Waals surface area contributed by atoms with Gasteiger partial charge in [0.2, 0.25) is 0 Å². The topological polar surface area (TPSA) is 37.4 Å². The number of carbonyl (C=O) groups is 2. The molecule has 1 aromatic rings. The van der Waals surface area contributed by atoms with E-state index in [2.05, 4.69) is 0 Å². The average molecular weight is 286 g/mol. The zero-order valence-corrected chi connectivity index (χ0v) is 11.6. The summed E-state index contributed by atoms with van der Waals surface area (Å²) >= 11 is 5.89. The number of hydrogen-bond acceptors (Lipinski definition) is 3. The lowest BCUT2D eigenvalue weighted by molar-refractivity contribution is 0.0988. The van der Waals surface area contributed by atoms with Gasteiger partial charge in [0.05, 0.1) is 5.57 Å². The van der Waals surface area contributed by atoms with E-state index >= 15 is 0 Å². The number of rotatable bonds is 1. The largest absolute Gasteiger partial charge is 0.354 e. The van der Waals surface area contributed by atoms with Crippen LogP contribution in [0.2, 0.25) is 5.02 Å². The van der Waals surface area contributed by atoms with Gasteiger partial charge in [0, 0.05) is 35.1 Å². The van der Waals surface area contributed by atoms with Gasteiger partial charge in [-0.15, -0.1) is 0 Å². The Labute approximate surface area is 121 Å². The molecule has 1 aromatic carbocycles. The maximum Gasteiger partial charge on any atom is 0.198 e. The minimum absolute atomic E-state index is 0.226. The van der Waals surface area contributed by atoms with Gasteiger partial charge in [-0.1, -0.05) is 11.6 Å². The molecule has 0 fully saturated rings. The Morgan fingerprint density at radius 2 is 1.70 bits per heavy atom. The van der Waals surface area contributed by atoms with Crippen LogP contribution in [-0.2, 0) is 0 Å². The van der Waals surface area contributed by atoms with E-state index in [1.54, 1.807) is 30.4 Å². The van der Waals surface area contributed by atoms with Gasteiger partial charge in [-0.25, -0.2) is 0 Å². The number of ketones is 2. The van der Waals surface area contributed by atoms with Crippen LogP contribution in [-0.4, -0.2) is 23.0 Å². The summed E-state index contributed by atoms with van der Waals surface area (Å²) in [6, 6.07) is 4.80. The normalized spacial score (nSPS) is 17.2. The Morgan fingerprint density at radius 3 is 2.35 bits per heavy atom. The summed E-state index contributed by atoms with van der Waals surface area (Å²) in [6.45, 7) is 2.86. The molecule has 3 rings (SSSR count). The SMILES string of the molecule is CCN1C=CC(=C2C(=O)c3ccc(Cl)cc3C2=O)C=C1. The Hall–Kier alpha value is -2.13. The summed E-state index contributed by atoms with van der Waals surface area (Å²) in [5.74, 6) is -0.474. The fourth-order valence-corrected chi connectivity index (χ4v) is 2.54. The lowest BCUT2D eigenvalue weighted by atomic mass is 10.0. The molecule has 20 heavy (non-hydrogen) atoms. The fourth-order valence-electron chi connectivity index (χ4n) is 2.37. The molecule has 0 spiro atoms. The Morgan fingerprint density at radius 1 is 1.05 bits per heavy atom. The average Bonchev–Trinajstić information content (AvgIpc) is 2.71. The van der Waals surface area contributed by atoms with E-state index in [-0.39, 0.29) is 17.1 Å². The molecule has 1 heterocycles. The third-order valence-corrected chi connectivity index (χ3v) is 3.71. The summed E-state index contributed by atoms with van der Waals surface area (Å²) in [6.07, 6.45) is 7.31. The molecular weight excluding hydrogens is 274 g/mol. The van der Waals surface area contributed by atoms with Crippen molar-refractivity contribution in [3.63, 3.8) is 0 Å². The third kappa shape index (κ3) is 1.91. The van der Waals surface area contributed by atoms with Crippen LogP contribution >= 0.6 is 11.6 Å². The highest BCUT2D eigenvalue weighted by atomic mass is 35.5. The molecule has 0 aromatic heterocycles. The van der Waals surface area contributed by atoms with Crippen molar-refractivity contribution in [2.45, 2.75) is 6.92 Å². The van der Waals surface area contributed by atoms with E-state index in [1.807, 2.05) is 24.2 Å². The minimum Gasteiger partial charge on any atom is -0.354 e. The van der Waals surface area contributed by atoms with Crippen LogP contribution < -0.4 is 0 Å². The van der Waals surface area contributed by atoms with Gasteiger partial charge in [-0.3, -0.25) is 9.59 Å². The predicted octanol–water partition coefficient (Wildman–Crippen LogP) is 3.38. The molecule has 0 atom stereocenters. The first kappa shape index (κ1) is 12.9. The van der Waals surface area contributed by atoms with E-state index in [4.69, 9.17) is 11.6 Å². The summed E-state index contributed by atoms with van der Waals surface area (Å²) in [4.78, 5) is 26.7. The summed E-state index contributed by atoms with van der Waals surface area (Å²) in [5, 5.41) is 0.461. The minimum atomic E-state index is -0.248. The van der Waals surface area contributed by atoms with Crippen LogP contribution in [0.3, 0.4) is 0 Å². The second-order valence-electron chi connectivity index (χ2n) is 4.64. The number of hydrogen-bond donors (Lipinski definition) is 0. The van der Waals surface area contributed by atoms with E-state index in [0.29, 0.717) is 21.7 Å². The molecule has 2 aliphatic rings. The standard InChI is InChI=1S/C16H12ClNO2/c1-2-18-7-5-10(6-8-18)14-15(19)12-4-3-11(17)9-13(12)16(14)20/h3-9H,2H2,1H3. The van der Waals surface area contributed by atoms with Crippen LogP contribution in [0.1, 0.15) is 27.6 Å². The van der Waals surface area contributed by atoms with Crippen LogP contribution in [0.15, 0.2) is 53.9 Å². The van der Waals surface area contributed by atoms with Crippen molar-refractivity contribution in [2.75, 3.05) is 6.54 Å². The lowest BCUT2D eigenvalue weighted by Crippen LogP contribution is -2.12. The number of allylic oxidation sites excluding steroid dienone is 4. The van der Waals surface area contributed by atoms with Crippen LogP contribution in [0.25, 0.3) is 0 Å². The van der Waals surface area contributed by atoms with Gasteiger partial charge in [-0.2, -0.15) is 0 Å². The van der Waals surface area contributed by atoms with Crippen molar-refractivity contribution < 1.29 is 9.59 Å². The van der Waals surface area contributed by atoms with Gasteiger partial charge in [-0.05, 0) is 42.8 Å². The van der Waals surface area contributed by atoms with Gasteiger partial charge in [0.1, 0.15) is 0 Å². The highest BCUT2D eigenvalue weighted by molar-refractivity contribution is 6.41. The van der Waals surface area contributed by atoms with Crippen molar-refractivity contribution in [3.05, 3.63) is 70.0 Å². The Kier molecular flexibility index (Phi) is 3.07. The number of benzene rings is 1. The maximum absolute atomic E-state index is 12.4. The van der Waals surface area contributed by atoms with Crippen LogP contribution in [0.5, 0.6) is 0 Å². The lowest BCUT2D eigenvalue weighted by Gasteiger charge is -2.16. The van der Waals surface area contributed by atoms with E-state index < -0.39 is 0 Å². The van der Waals surface area contributed by atoms with Gasteiger partial charge in [0.25, 0.3) is 0 Å². The zero-order chi connectivity index (χ0) is 14.3. The first-order chi connectivity index (χ1) is 9.61. The molecule has 4 heteroatoms. The Bertz CT molecular complexity index is 697. The van der Waals surface area contributed by atoms with E-state index in [0.717, 1.165) is 6.54 Å². The highest BCUT2D eigenvalue weighted by Gasteiger charge is 2.34. The van der Waals surface area contributed by atoms with Crippen molar-refractivity contribution >= 4 is 23.2 Å². The molecule has 0 N–H and O–H groups in total. The molecule has 0 unspecified atom stereocenters. The quantitative estimate of drug-likeness (QED) is 0.586. The number of carbonyl (C=O) groups excluding carboxylic acids is 2. The Balaban J connectivity index is 2.09. The van der Waals surface area contributed by atoms with Crippen molar-refractivity contribution in [1.29, 1.82) is 0 Å². The maximum atomic E-state index is 12.4. The first-order valence-corrected chi connectivity index (χ1v) is 6.75. The molecular formula is C16H12ClNO2. The van der Waals surface area contributed by atoms with Gasteiger partial charge < -0.3 is 4.90 Å². The number of Topliss-reactive ketones (excluding diaryl/α,β-unsaturated/α-hetero) is 2.